The Morgan fingerprint density at radius 3 is 2.33 bits per heavy atom. The van der Waals surface area contributed by atoms with Gasteiger partial charge in [-0.25, -0.2) is 13.1 Å². The third-order valence-electron chi connectivity index (χ3n) is 5.25. The topological polar surface area (TPSA) is 80.2 Å². The summed E-state index contributed by atoms with van der Waals surface area (Å²) in [5.74, 6) is -0.354. The van der Waals surface area contributed by atoms with Crippen molar-refractivity contribution < 1.29 is 13.2 Å². The van der Waals surface area contributed by atoms with E-state index in [4.69, 9.17) is 0 Å². The Morgan fingerprint density at radius 1 is 0.909 bits per heavy atom. The second-order valence-corrected chi connectivity index (χ2v) is 9.53. The van der Waals surface area contributed by atoms with Gasteiger partial charge in [-0.2, -0.15) is 0 Å². The van der Waals surface area contributed by atoms with Crippen LogP contribution in [0.4, 0.5) is 5.69 Å². The number of carbonyl (C=O) groups is 1. The van der Waals surface area contributed by atoms with Gasteiger partial charge in [0.25, 0.3) is 5.91 Å². The Labute approximate surface area is 193 Å². The molecule has 0 unspecified atom stereocenters. The number of nitrogens with one attached hydrogen (secondary N) is 2. The molecule has 2 N–H and O–H groups in total. The van der Waals surface area contributed by atoms with Gasteiger partial charge in [0.05, 0.1) is 11.3 Å². The fraction of sp³-hybridized carbons (Fsp3) is 0.115. The number of benzene rings is 3. The Hall–Kier alpha value is -3.68. The van der Waals surface area contributed by atoms with E-state index < -0.39 is 10.0 Å². The van der Waals surface area contributed by atoms with E-state index in [9.17, 15) is 13.2 Å². The fourth-order valence-electron chi connectivity index (χ4n) is 3.68. The molecule has 0 atom stereocenters. The van der Waals surface area contributed by atoms with Crippen LogP contribution in [0.2, 0.25) is 0 Å². The monoisotopic (exact) mass is 459 g/mol. The maximum Gasteiger partial charge on any atom is 0.257 e. The maximum absolute atomic E-state index is 13.1. The lowest BCUT2D eigenvalue weighted by Crippen LogP contribution is -2.25. The number of sulfonamides is 1. The van der Waals surface area contributed by atoms with Crippen LogP contribution >= 0.6 is 0 Å². The van der Waals surface area contributed by atoms with Crippen molar-refractivity contribution in [2.75, 3.05) is 11.9 Å². The van der Waals surface area contributed by atoms with E-state index in [2.05, 4.69) is 33.3 Å². The van der Waals surface area contributed by atoms with Crippen LogP contribution in [-0.4, -0.2) is 25.4 Å². The Morgan fingerprint density at radius 2 is 1.61 bits per heavy atom. The van der Waals surface area contributed by atoms with E-state index in [1.54, 1.807) is 24.3 Å². The summed E-state index contributed by atoms with van der Waals surface area (Å²) in [5, 5.41) is 3.80. The quantitative estimate of drug-likeness (QED) is 0.361. The Balaban J connectivity index is 1.52. The molecule has 0 aliphatic rings. The molecule has 33 heavy (non-hydrogen) atoms. The first-order valence-corrected chi connectivity index (χ1v) is 12.2. The van der Waals surface area contributed by atoms with Gasteiger partial charge in [-0.3, -0.25) is 4.79 Å². The average Bonchev–Trinajstić information content (AvgIpc) is 3.18. The first-order chi connectivity index (χ1) is 15.9. The summed E-state index contributed by atoms with van der Waals surface area (Å²) in [6, 6.07) is 24.7. The van der Waals surface area contributed by atoms with Crippen LogP contribution in [-0.2, 0) is 22.3 Å². The molecule has 0 aliphatic heterocycles. The molecule has 168 valence electrons. The van der Waals surface area contributed by atoms with Crippen molar-refractivity contribution >= 4 is 32.5 Å². The van der Waals surface area contributed by atoms with Gasteiger partial charge in [0.2, 0.25) is 10.0 Å². The first kappa shape index (κ1) is 22.5. The number of rotatable bonds is 9. The molecule has 1 aromatic heterocycles. The van der Waals surface area contributed by atoms with Crippen LogP contribution in [0.5, 0.6) is 0 Å². The fourth-order valence-corrected chi connectivity index (χ4v) is 4.78. The Kier molecular flexibility index (Phi) is 6.72. The molecule has 0 radical (unpaired) electrons. The van der Waals surface area contributed by atoms with Gasteiger partial charge in [0.15, 0.2) is 0 Å². The van der Waals surface area contributed by atoms with Gasteiger partial charge in [-0.1, -0.05) is 66.7 Å². The van der Waals surface area contributed by atoms with Crippen molar-refractivity contribution in [2.45, 2.75) is 12.3 Å². The molecule has 4 aromatic rings. The van der Waals surface area contributed by atoms with Crippen molar-refractivity contribution in [1.29, 1.82) is 0 Å². The molecule has 1 amide bonds. The number of amides is 1. The molecule has 6 nitrogen and oxygen atoms in total. The number of fused-ring (bicyclic) bond motifs is 1. The molecule has 0 spiro atoms. The second-order valence-electron chi connectivity index (χ2n) is 7.72. The van der Waals surface area contributed by atoms with Crippen molar-refractivity contribution in [3.8, 4) is 0 Å². The van der Waals surface area contributed by atoms with Crippen LogP contribution in [0, 0.1) is 0 Å². The third kappa shape index (κ3) is 5.58. The molecular formula is C26H25N3O3S. The van der Waals surface area contributed by atoms with Crippen LogP contribution in [0.15, 0.2) is 97.7 Å². The lowest BCUT2D eigenvalue weighted by atomic mass is 10.1. The van der Waals surface area contributed by atoms with E-state index in [0.717, 1.165) is 16.5 Å². The van der Waals surface area contributed by atoms with Crippen LogP contribution in [0.25, 0.3) is 10.9 Å². The van der Waals surface area contributed by atoms with Gasteiger partial charge in [0, 0.05) is 35.9 Å². The minimum atomic E-state index is -3.43. The normalized spacial score (nSPS) is 11.4. The zero-order chi connectivity index (χ0) is 23.3. The van der Waals surface area contributed by atoms with E-state index >= 15 is 0 Å². The smallest absolute Gasteiger partial charge is 0.257 e. The lowest BCUT2D eigenvalue weighted by Gasteiger charge is -2.07. The van der Waals surface area contributed by atoms with Crippen LogP contribution < -0.4 is 10.0 Å². The minimum Gasteiger partial charge on any atom is -0.342 e. The van der Waals surface area contributed by atoms with Crippen LogP contribution in [0.3, 0.4) is 0 Å². The lowest BCUT2D eigenvalue weighted by molar-refractivity contribution is 0.102. The number of aromatic nitrogens is 1. The minimum absolute atomic E-state index is 0.137. The molecular weight excluding hydrogens is 434 g/mol. The zero-order valence-corrected chi connectivity index (χ0v) is 18.9. The maximum atomic E-state index is 13.1. The summed E-state index contributed by atoms with van der Waals surface area (Å²) >= 11 is 0. The largest absolute Gasteiger partial charge is 0.342 e. The molecule has 0 fully saturated rings. The summed E-state index contributed by atoms with van der Waals surface area (Å²) in [4.78, 5) is 13.1. The summed E-state index contributed by atoms with van der Waals surface area (Å²) in [7, 11) is -3.43. The highest BCUT2D eigenvalue weighted by molar-refractivity contribution is 7.88. The number of para-hydroxylation sites is 1. The van der Waals surface area contributed by atoms with Crippen molar-refractivity contribution in [3.05, 3.63) is 114 Å². The van der Waals surface area contributed by atoms with Gasteiger partial charge in [-0.05, 0) is 29.3 Å². The number of carbonyl (C=O) groups excluding carboxylic acids is 1. The average molecular weight is 460 g/mol. The second kappa shape index (κ2) is 9.85. The first-order valence-electron chi connectivity index (χ1n) is 10.6. The van der Waals surface area contributed by atoms with E-state index in [0.29, 0.717) is 23.4 Å². The molecule has 0 saturated heterocycles. The summed E-state index contributed by atoms with van der Waals surface area (Å²) in [6.07, 6.45) is 3.37. The summed E-state index contributed by atoms with van der Waals surface area (Å²) < 4.78 is 28.6. The molecule has 0 bridgehead atoms. The van der Waals surface area contributed by atoms with Crippen molar-refractivity contribution in [3.63, 3.8) is 0 Å². The summed E-state index contributed by atoms with van der Waals surface area (Å²) in [6.45, 7) is 4.36. The highest BCUT2D eigenvalue weighted by Crippen LogP contribution is 2.24. The predicted octanol–water partition coefficient (Wildman–Crippen LogP) is 4.55. The number of nitrogens with zero attached hydrogens (tertiary/aromatic N) is 1. The number of anilines is 1. The molecule has 0 saturated carbocycles. The van der Waals surface area contributed by atoms with E-state index in [1.807, 2.05) is 48.7 Å². The zero-order valence-electron chi connectivity index (χ0n) is 18.1. The summed E-state index contributed by atoms with van der Waals surface area (Å²) in [5.41, 5.74) is 3.95. The highest BCUT2D eigenvalue weighted by atomic mass is 32.2. The van der Waals surface area contributed by atoms with Gasteiger partial charge in [-0.15, -0.1) is 6.58 Å². The number of hydrogen-bond donors (Lipinski definition) is 2. The molecule has 0 aliphatic carbocycles. The predicted molar refractivity (Wildman–Crippen MR) is 133 cm³/mol. The van der Waals surface area contributed by atoms with Crippen molar-refractivity contribution in [1.82, 2.24) is 9.29 Å². The Bertz CT molecular complexity index is 1380. The number of hydrogen-bond acceptors (Lipinski definition) is 3. The molecule has 3 aromatic carbocycles. The van der Waals surface area contributed by atoms with E-state index in [1.165, 1.54) is 6.08 Å². The molecule has 1 heterocycles. The van der Waals surface area contributed by atoms with Crippen molar-refractivity contribution in [2.24, 2.45) is 0 Å². The third-order valence-corrected chi connectivity index (χ3v) is 6.56. The van der Waals surface area contributed by atoms with Crippen LogP contribution in [0.1, 0.15) is 21.5 Å². The van der Waals surface area contributed by atoms with Gasteiger partial charge in [0.1, 0.15) is 0 Å². The van der Waals surface area contributed by atoms with E-state index in [-0.39, 0.29) is 18.2 Å². The SMILES string of the molecule is C=CCNS(=O)(=O)Cc1ccc(NC(=O)c2cn(Cc3ccccc3)c3ccccc23)cc1. The molecule has 4 rings (SSSR count). The standard InChI is InChI=1S/C26H25N3O3S/c1-2-16-27-33(31,32)19-21-12-14-22(15-13-21)28-26(30)24-18-29(17-20-8-4-3-5-9-20)25-11-7-6-10-23(24)25/h2-15,18,27H,1,16-17,19H2,(H,28,30). The molecule has 7 heteroatoms. The van der Waals surface area contributed by atoms with Gasteiger partial charge < -0.3 is 9.88 Å². The van der Waals surface area contributed by atoms with Gasteiger partial charge >= 0.3 is 0 Å². The highest BCUT2D eigenvalue weighted by Gasteiger charge is 2.16.